The first-order chi connectivity index (χ1) is 10.6. The highest BCUT2D eigenvalue weighted by Crippen LogP contribution is 2.10. The summed E-state index contributed by atoms with van der Waals surface area (Å²) >= 11 is 0. The summed E-state index contributed by atoms with van der Waals surface area (Å²) in [4.78, 5) is 11.5. The van der Waals surface area contributed by atoms with Crippen LogP contribution in [-0.2, 0) is 21.3 Å². The fourth-order valence-corrected chi connectivity index (χ4v) is 3.04. The topological polar surface area (TPSA) is 46.2 Å². The molecule has 22 heavy (non-hydrogen) atoms. The Labute approximate surface area is 137 Å². The summed E-state index contributed by atoms with van der Waals surface area (Å²) in [6.07, 6.45) is 0.405. The number of carbonyl (C=O) groups excluding carboxylic acids is 1. The van der Waals surface area contributed by atoms with Crippen LogP contribution >= 0.6 is 0 Å². The van der Waals surface area contributed by atoms with Crippen molar-refractivity contribution in [2.45, 2.75) is 52.8 Å². The molecule has 3 nitrogen and oxygen atoms in total. The van der Waals surface area contributed by atoms with Gasteiger partial charge >= 0.3 is 0 Å². The van der Waals surface area contributed by atoms with Gasteiger partial charge in [0.05, 0.1) is 11.8 Å². The molecule has 0 aliphatic carbocycles. The second-order valence-electron chi connectivity index (χ2n) is 4.00. The Morgan fingerprint density at radius 2 is 1.77 bits per heavy atom. The Morgan fingerprint density at radius 1 is 1.23 bits per heavy atom. The lowest BCUT2D eigenvalue weighted by molar-refractivity contribution is -0.120. The summed E-state index contributed by atoms with van der Waals surface area (Å²) in [5, 5.41) is 2.85. The lowest BCUT2D eigenvalue weighted by atomic mass is 10.2. The maximum atomic E-state index is 13.4. The lowest BCUT2D eigenvalue weighted by Gasteiger charge is -2.13. The number of rotatable bonds is 7. The average molecular weight is 331 g/mol. The van der Waals surface area contributed by atoms with Crippen molar-refractivity contribution in [3.05, 3.63) is 35.6 Å². The third-order valence-corrected chi connectivity index (χ3v) is 4.05. The minimum absolute atomic E-state index is 0.0272. The third-order valence-electron chi connectivity index (χ3n) is 2.71. The molecule has 5 heteroatoms. The number of halogens is 1. The molecule has 2 unspecified atom stereocenters. The van der Waals surface area contributed by atoms with Gasteiger partial charge in [-0.1, -0.05) is 52.8 Å². The average Bonchev–Trinajstić information content (AvgIpc) is 2.57. The first kappa shape index (κ1) is 23.2. The van der Waals surface area contributed by atoms with Gasteiger partial charge in [-0.15, -0.1) is 0 Å². The van der Waals surface area contributed by atoms with Crippen molar-refractivity contribution in [1.29, 1.82) is 0 Å². The van der Waals surface area contributed by atoms with Crippen LogP contribution in [0.25, 0.3) is 0 Å². The molecule has 0 radical (unpaired) electrons. The number of Topliss-reactive ketones (excluding diaryl/α,β-unsaturated/α-hetero) is 1. The third kappa shape index (κ3) is 9.05. The van der Waals surface area contributed by atoms with E-state index in [1.807, 2.05) is 27.7 Å². The quantitative estimate of drug-likeness (QED) is 0.829. The first-order valence-corrected chi connectivity index (χ1v) is 9.35. The van der Waals surface area contributed by atoms with Crippen molar-refractivity contribution >= 4 is 16.6 Å². The summed E-state index contributed by atoms with van der Waals surface area (Å²) in [5.74, 6) is 0.0346. The Balaban J connectivity index is 0. The highest BCUT2D eigenvalue weighted by molar-refractivity contribution is 7.84. The van der Waals surface area contributed by atoms with E-state index < -0.39 is 16.8 Å². The monoisotopic (exact) mass is 331 g/mol. The van der Waals surface area contributed by atoms with Gasteiger partial charge in [0.1, 0.15) is 11.6 Å². The number of carbonyl (C=O) groups is 1. The highest BCUT2D eigenvalue weighted by Gasteiger charge is 2.18. The van der Waals surface area contributed by atoms with Crippen LogP contribution in [0.5, 0.6) is 0 Å². The molecule has 0 amide bonds. The second-order valence-corrected chi connectivity index (χ2v) is 5.51. The molecule has 128 valence electrons. The second kappa shape index (κ2) is 14.9. The SMILES string of the molecule is CC.CC.CCC(=O)C(CS(=O)Cc1ccccc1F)NC. The van der Waals surface area contributed by atoms with E-state index in [1.165, 1.54) is 6.07 Å². The maximum absolute atomic E-state index is 13.4. The molecule has 0 fully saturated rings. The predicted molar refractivity (Wildman–Crippen MR) is 94.0 cm³/mol. The van der Waals surface area contributed by atoms with Gasteiger partial charge in [0.2, 0.25) is 0 Å². The predicted octanol–water partition coefficient (Wildman–Crippen LogP) is 3.69. The summed E-state index contributed by atoms with van der Waals surface area (Å²) in [6, 6.07) is 5.85. The van der Waals surface area contributed by atoms with Crippen molar-refractivity contribution in [2.75, 3.05) is 12.8 Å². The van der Waals surface area contributed by atoms with Crippen LogP contribution in [0.15, 0.2) is 24.3 Å². The van der Waals surface area contributed by atoms with Gasteiger partial charge in [0.25, 0.3) is 0 Å². The molecule has 0 aliphatic rings. The molecule has 0 saturated heterocycles. The Kier molecular flexibility index (Phi) is 15.7. The summed E-state index contributed by atoms with van der Waals surface area (Å²) in [7, 11) is 0.408. The molecule has 1 aromatic carbocycles. The zero-order valence-corrected chi connectivity index (χ0v) is 15.4. The number of ketones is 1. The van der Waals surface area contributed by atoms with Gasteiger partial charge in [-0.25, -0.2) is 4.39 Å². The zero-order chi connectivity index (χ0) is 17.5. The van der Waals surface area contributed by atoms with E-state index in [0.29, 0.717) is 12.0 Å². The minimum atomic E-state index is -1.26. The van der Waals surface area contributed by atoms with E-state index in [1.54, 1.807) is 32.2 Å². The van der Waals surface area contributed by atoms with Crippen molar-refractivity contribution in [3.8, 4) is 0 Å². The van der Waals surface area contributed by atoms with E-state index in [-0.39, 0.29) is 23.1 Å². The number of likely N-dealkylation sites (N-methyl/N-ethyl adjacent to an activating group) is 1. The first-order valence-electron chi connectivity index (χ1n) is 7.86. The van der Waals surface area contributed by atoms with Gasteiger partial charge in [-0.05, 0) is 13.1 Å². The van der Waals surface area contributed by atoms with Crippen LogP contribution in [0.4, 0.5) is 4.39 Å². The smallest absolute Gasteiger partial charge is 0.150 e. The largest absolute Gasteiger partial charge is 0.310 e. The van der Waals surface area contributed by atoms with Crippen molar-refractivity contribution in [2.24, 2.45) is 0 Å². The van der Waals surface area contributed by atoms with E-state index in [0.717, 1.165) is 0 Å². The van der Waals surface area contributed by atoms with Crippen LogP contribution in [0.2, 0.25) is 0 Å². The van der Waals surface area contributed by atoms with E-state index in [9.17, 15) is 13.4 Å². The van der Waals surface area contributed by atoms with Crippen LogP contribution < -0.4 is 5.32 Å². The van der Waals surface area contributed by atoms with E-state index >= 15 is 0 Å². The van der Waals surface area contributed by atoms with Gasteiger partial charge in [0.15, 0.2) is 0 Å². The molecule has 1 aromatic rings. The Bertz CT molecular complexity index is 438. The number of benzene rings is 1. The van der Waals surface area contributed by atoms with Gasteiger partial charge in [0, 0.05) is 28.5 Å². The molecule has 0 saturated carbocycles. The number of hydrogen-bond donors (Lipinski definition) is 1. The molecule has 1 N–H and O–H groups in total. The van der Waals surface area contributed by atoms with Gasteiger partial charge in [-0.2, -0.15) is 0 Å². The van der Waals surface area contributed by atoms with Crippen molar-refractivity contribution in [1.82, 2.24) is 5.32 Å². The molecular weight excluding hydrogens is 301 g/mol. The molecule has 0 aliphatic heterocycles. The fraction of sp³-hybridized carbons (Fsp3) is 0.588. The maximum Gasteiger partial charge on any atom is 0.150 e. The fourth-order valence-electron chi connectivity index (χ4n) is 1.62. The molecule has 2 atom stereocenters. The molecule has 0 bridgehead atoms. The lowest BCUT2D eigenvalue weighted by Crippen LogP contribution is -2.38. The minimum Gasteiger partial charge on any atom is -0.310 e. The summed E-state index contributed by atoms with van der Waals surface area (Å²) in [5.41, 5.74) is 0.426. The normalized spacial score (nSPS) is 12.1. The standard InChI is InChI=1S/C13H18FNO2S.2C2H6/c1-3-13(16)12(15-2)9-18(17)8-10-6-4-5-7-11(10)14;2*1-2/h4-7,12,15H,3,8-9H2,1-2H3;2*1-2H3. The molecule has 0 spiro atoms. The molecule has 0 heterocycles. The number of hydrogen-bond acceptors (Lipinski definition) is 3. The van der Waals surface area contributed by atoms with E-state index in [2.05, 4.69) is 5.32 Å². The summed E-state index contributed by atoms with van der Waals surface area (Å²) < 4.78 is 25.3. The highest BCUT2D eigenvalue weighted by atomic mass is 32.2. The van der Waals surface area contributed by atoms with Crippen LogP contribution in [-0.4, -0.2) is 28.8 Å². The van der Waals surface area contributed by atoms with Crippen molar-refractivity contribution < 1.29 is 13.4 Å². The zero-order valence-electron chi connectivity index (χ0n) is 14.6. The van der Waals surface area contributed by atoms with Gasteiger partial charge in [-0.3, -0.25) is 9.00 Å². The van der Waals surface area contributed by atoms with Crippen molar-refractivity contribution in [3.63, 3.8) is 0 Å². The molecule has 1 rings (SSSR count). The molecular formula is C17H30FNO2S. The van der Waals surface area contributed by atoms with Crippen LogP contribution in [0, 0.1) is 5.82 Å². The Hall–Kier alpha value is -1.07. The van der Waals surface area contributed by atoms with E-state index in [4.69, 9.17) is 0 Å². The summed E-state index contributed by atoms with van der Waals surface area (Å²) in [6.45, 7) is 9.77. The van der Waals surface area contributed by atoms with Crippen LogP contribution in [0.3, 0.4) is 0 Å². The Morgan fingerprint density at radius 3 is 2.23 bits per heavy atom. The number of nitrogens with one attached hydrogen (secondary N) is 1. The molecule has 0 aromatic heterocycles. The van der Waals surface area contributed by atoms with Gasteiger partial charge < -0.3 is 5.32 Å². The van der Waals surface area contributed by atoms with Crippen LogP contribution in [0.1, 0.15) is 46.6 Å².